The minimum absolute atomic E-state index is 0.102. The maximum Gasteiger partial charge on any atom is 0.104 e. The molecule has 0 aliphatic heterocycles. The zero-order chi connectivity index (χ0) is 10.9. The first-order valence-electron chi connectivity index (χ1n) is 5.11. The Hall–Kier alpha value is -1.30. The number of rotatable bonds is 4. The second-order valence-corrected chi connectivity index (χ2v) is 3.39. The van der Waals surface area contributed by atoms with E-state index in [1.165, 1.54) is 0 Å². The van der Waals surface area contributed by atoms with E-state index in [-0.39, 0.29) is 12.7 Å². The molecule has 2 heteroatoms. The van der Waals surface area contributed by atoms with Crippen LogP contribution in [0.5, 0.6) is 0 Å². The quantitative estimate of drug-likeness (QED) is 0.727. The first kappa shape index (κ1) is 11.8. The molecule has 0 radical (unpaired) electrons. The topological polar surface area (TPSA) is 40.5 Å². The van der Waals surface area contributed by atoms with Crippen LogP contribution in [0.25, 0.3) is 0 Å². The fraction of sp³-hybridized carbons (Fsp3) is 0.385. The lowest BCUT2D eigenvalue weighted by atomic mass is 10.0. The molecule has 1 rings (SSSR count). The molecule has 1 atom stereocenters. The van der Waals surface area contributed by atoms with Gasteiger partial charge in [-0.15, -0.1) is 5.92 Å². The summed E-state index contributed by atoms with van der Waals surface area (Å²) < 4.78 is 0. The van der Waals surface area contributed by atoms with Crippen LogP contribution in [0.1, 0.15) is 18.4 Å². The van der Waals surface area contributed by atoms with E-state index in [2.05, 4.69) is 11.8 Å². The van der Waals surface area contributed by atoms with Gasteiger partial charge in [-0.3, -0.25) is 0 Å². The first-order valence-corrected chi connectivity index (χ1v) is 5.11. The Kier molecular flexibility index (Phi) is 5.54. The lowest BCUT2D eigenvalue weighted by Gasteiger charge is -2.08. The predicted molar refractivity (Wildman–Crippen MR) is 60.2 cm³/mol. The molecule has 0 aliphatic carbocycles. The minimum atomic E-state index is -0.347. The molecule has 0 aromatic heterocycles. The van der Waals surface area contributed by atoms with E-state index in [0.717, 1.165) is 5.56 Å². The second-order valence-electron chi connectivity index (χ2n) is 3.39. The van der Waals surface area contributed by atoms with Crippen LogP contribution in [0.4, 0.5) is 0 Å². The van der Waals surface area contributed by atoms with Crippen LogP contribution in [0.3, 0.4) is 0 Å². The molecule has 0 unspecified atom stereocenters. The van der Waals surface area contributed by atoms with Gasteiger partial charge in [-0.05, 0) is 18.4 Å². The van der Waals surface area contributed by atoms with Crippen LogP contribution in [0.15, 0.2) is 30.3 Å². The number of aliphatic hydroxyl groups excluding tert-OH is 2. The van der Waals surface area contributed by atoms with Gasteiger partial charge in [0.25, 0.3) is 0 Å². The van der Waals surface area contributed by atoms with E-state index in [4.69, 9.17) is 5.11 Å². The van der Waals surface area contributed by atoms with Gasteiger partial charge in [-0.2, -0.15) is 0 Å². The number of aliphatic hydroxyl groups is 2. The Morgan fingerprint density at radius 3 is 2.53 bits per heavy atom. The maximum absolute atomic E-state index is 9.67. The van der Waals surface area contributed by atoms with Gasteiger partial charge in [0.15, 0.2) is 0 Å². The molecule has 0 amide bonds. The maximum atomic E-state index is 9.67. The molecule has 0 spiro atoms. The van der Waals surface area contributed by atoms with Crippen molar-refractivity contribution in [1.29, 1.82) is 0 Å². The SMILES string of the molecule is OCC#CCC[C@@H](O)Cc1ccccc1. The van der Waals surface area contributed by atoms with Gasteiger partial charge in [0.05, 0.1) is 6.10 Å². The van der Waals surface area contributed by atoms with Gasteiger partial charge in [0, 0.05) is 6.42 Å². The molecular formula is C13H16O2. The van der Waals surface area contributed by atoms with Gasteiger partial charge in [0.2, 0.25) is 0 Å². The molecule has 0 fully saturated rings. The van der Waals surface area contributed by atoms with Crippen molar-refractivity contribution in [3.63, 3.8) is 0 Å². The molecule has 15 heavy (non-hydrogen) atoms. The molecule has 0 aliphatic rings. The summed E-state index contributed by atoms with van der Waals surface area (Å²) in [5.41, 5.74) is 1.14. The van der Waals surface area contributed by atoms with Crippen LogP contribution < -0.4 is 0 Å². The van der Waals surface area contributed by atoms with E-state index in [0.29, 0.717) is 19.3 Å². The van der Waals surface area contributed by atoms with E-state index in [9.17, 15) is 5.11 Å². The number of hydrogen-bond donors (Lipinski definition) is 2. The number of hydrogen-bond acceptors (Lipinski definition) is 2. The van der Waals surface area contributed by atoms with Crippen molar-refractivity contribution in [3.8, 4) is 11.8 Å². The van der Waals surface area contributed by atoms with Gasteiger partial charge >= 0.3 is 0 Å². The summed E-state index contributed by atoms with van der Waals surface area (Å²) in [4.78, 5) is 0. The Morgan fingerprint density at radius 1 is 1.13 bits per heavy atom. The largest absolute Gasteiger partial charge is 0.393 e. The van der Waals surface area contributed by atoms with Crippen molar-refractivity contribution in [2.75, 3.05) is 6.61 Å². The molecule has 0 bridgehead atoms. The third-order valence-electron chi connectivity index (χ3n) is 2.12. The van der Waals surface area contributed by atoms with Crippen LogP contribution in [-0.4, -0.2) is 22.9 Å². The molecule has 1 aromatic rings. The highest BCUT2D eigenvalue weighted by molar-refractivity contribution is 5.15. The summed E-state index contributed by atoms with van der Waals surface area (Å²) >= 11 is 0. The third kappa shape index (κ3) is 5.21. The van der Waals surface area contributed by atoms with Crippen LogP contribution in [0, 0.1) is 11.8 Å². The molecule has 80 valence electrons. The van der Waals surface area contributed by atoms with Crippen LogP contribution >= 0.6 is 0 Å². The van der Waals surface area contributed by atoms with Gasteiger partial charge < -0.3 is 10.2 Å². The van der Waals surface area contributed by atoms with Crippen molar-refractivity contribution in [2.24, 2.45) is 0 Å². The van der Waals surface area contributed by atoms with Crippen molar-refractivity contribution < 1.29 is 10.2 Å². The molecule has 1 aromatic carbocycles. The van der Waals surface area contributed by atoms with E-state index in [1.807, 2.05) is 30.3 Å². The molecular weight excluding hydrogens is 188 g/mol. The Balaban J connectivity index is 2.27. The second kappa shape index (κ2) is 7.05. The highest BCUT2D eigenvalue weighted by atomic mass is 16.3. The van der Waals surface area contributed by atoms with Crippen molar-refractivity contribution in [1.82, 2.24) is 0 Å². The smallest absolute Gasteiger partial charge is 0.104 e. The zero-order valence-corrected chi connectivity index (χ0v) is 8.69. The lowest BCUT2D eigenvalue weighted by Crippen LogP contribution is -2.09. The standard InChI is InChI=1S/C13H16O2/c14-10-6-2-5-9-13(15)11-12-7-3-1-4-8-12/h1,3-4,7-8,13-15H,5,9-11H2/t13-/m1/s1. The fourth-order valence-corrected chi connectivity index (χ4v) is 1.37. The van der Waals surface area contributed by atoms with Crippen LogP contribution in [0.2, 0.25) is 0 Å². The summed E-state index contributed by atoms with van der Waals surface area (Å²) in [6.45, 7) is -0.102. The lowest BCUT2D eigenvalue weighted by molar-refractivity contribution is 0.166. The van der Waals surface area contributed by atoms with Crippen LogP contribution in [-0.2, 0) is 6.42 Å². The predicted octanol–water partition coefficient (Wildman–Crippen LogP) is 1.37. The van der Waals surface area contributed by atoms with Crippen molar-refractivity contribution in [3.05, 3.63) is 35.9 Å². The highest BCUT2D eigenvalue weighted by Gasteiger charge is 2.03. The summed E-state index contributed by atoms with van der Waals surface area (Å²) in [7, 11) is 0. The van der Waals surface area contributed by atoms with E-state index in [1.54, 1.807) is 0 Å². The monoisotopic (exact) mass is 204 g/mol. The van der Waals surface area contributed by atoms with Gasteiger partial charge in [0.1, 0.15) is 6.61 Å². The Bertz CT molecular complexity index is 321. The molecule has 0 saturated heterocycles. The highest BCUT2D eigenvalue weighted by Crippen LogP contribution is 2.06. The molecule has 0 heterocycles. The van der Waals surface area contributed by atoms with Gasteiger partial charge in [-0.1, -0.05) is 36.3 Å². The number of benzene rings is 1. The fourth-order valence-electron chi connectivity index (χ4n) is 1.37. The zero-order valence-electron chi connectivity index (χ0n) is 8.69. The van der Waals surface area contributed by atoms with E-state index >= 15 is 0 Å². The summed E-state index contributed by atoms with van der Waals surface area (Å²) in [5, 5.41) is 18.1. The Morgan fingerprint density at radius 2 is 1.87 bits per heavy atom. The summed E-state index contributed by atoms with van der Waals surface area (Å²) in [5.74, 6) is 5.35. The molecule has 2 nitrogen and oxygen atoms in total. The summed E-state index contributed by atoms with van der Waals surface area (Å²) in [6.07, 6.45) is 1.61. The van der Waals surface area contributed by atoms with Gasteiger partial charge in [-0.25, -0.2) is 0 Å². The van der Waals surface area contributed by atoms with Crippen molar-refractivity contribution in [2.45, 2.75) is 25.4 Å². The van der Waals surface area contributed by atoms with Crippen molar-refractivity contribution >= 4 is 0 Å². The average molecular weight is 204 g/mol. The normalized spacial score (nSPS) is 11.6. The van der Waals surface area contributed by atoms with E-state index < -0.39 is 0 Å². The Labute approximate surface area is 90.6 Å². The average Bonchev–Trinajstić information content (AvgIpc) is 2.26. The third-order valence-corrected chi connectivity index (χ3v) is 2.12. The first-order chi connectivity index (χ1) is 7.33. The minimum Gasteiger partial charge on any atom is -0.393 e. The molecule has 0 saturated carbocycles. The summed E-state index contributed by atoms with van der Waals surface area (Å²) in [6, 6.07) is 9.90. The molecule has 2 N–H and O–H groups in total.